The Morgan fingerprint density at radius 1 is 1.38 bits per heavy atom. The van der Waals surface area contributed by atoms with Gasteiger partial charge in [0, 0.05) is 31.9 Å². The zero-order chi connectivity index (χ0) is 15.1. The molecule has 1 aromatic heterocycles. The van der Waals surface area contributed by atoms with Crippen molar-refractivity contribution in [3.63, 3.8) is 0 Å². The molecular formula is C16H23N3O2. The number of amides is 2. The summed E-state index contributed by atoms with van der Waals surface area (Å²) in [5.74, 6) is 0.0343. The van der Waals surface area contributed by atoms with Gasteiger partial charge in [0.2, 0.25) is 11.8 Å². The summed E-state index contributed by atoms with van der Waals surface area (Å²) in [5.41, 5.74) is 1.01. The molecule has 1 unspecified atom stereocenters. The van der Waals surface area contributed by atoms with E-state index >= 15 is 0 Å². The molecule has 1 aliphatic heterocycles. The van der Waals surface area contributed by atoms with Crippen LogP contribution >= 0.6 is 0 Å². The number of aromatic nitrogens is 1. The van der Waals surface area contributed by atoms with Crippen LogP contribution in [0.1, 0.15) is 37.8 Å². The maximum absolute atomic E-state index is 12.3. The van der Waals surface area contributed by atoms with Gasteiger partial charge in [0.05, 0.1) is 0 Å². The molecule has 0 bridgehead atoms. The first-order chi connectivity index (χ1) is 10.2. The Balaban J connectivity index is 1.84. The van der Waals surface area contributed by atoms with Gasteiger partial charge in [-0.2, -0.15) is 0 Å². The van der Waals surface area contributed by atoms with E-state index < -0.39 is 0 Å². The molecule has 1 fully saturated rings. The molecule has 2 heterocycles. The average Bonchev–Trinajstić information content (AvgIpc) is 2.55. The lowest BCUT2D eigenvalue weighted by Gasteiger charge is -2.34. The molecular weight excluding hydrogens is 266 g/mol. The molecule has 5 nitrogen and oxygen atoms in total. The van der Waals surface area contributed by atoms with Crippen molar-refractivity contribution in [3.8, 4) is 0 Å². The molecule has 5 heteroatoms. The number of hydrogen-bond donors (Lipinski definition) is 1. The number of carbonyl (C=O) groups excluding carboxylic acids is 2. The van der Waals surface area contributed by atoms with Crippen molar-refractivity contribution < 1.29 is 9.59 Å². The number of nitrogens with one attached hydrogen (secondary N) is 1. The fourth-order valence-corrected chi connectivity index (χ4v) is 2.78. The van der Waals surface area contributed by atoms with Crippen LogP contribution in [0.25, 0.3) is 0 Å². The van der Waals surface area contributed by atoms with Crippen molar-refractivity contribution in [2.24, 2.45) is 0 Å². The summed E-state index contributed by atoms with van der Waals surface area (Å²) in [6.07, 6.45) is 6.58. The molecule has 1 aliphatic rings. The van der Waals surface area contributed by atoms with Gasteiger partial charge in [0.25, 0.3) is 0 Å². The fraction of sp³-hybridized carbons (Fsp3) is 0.562. The third-order valence-corrected chi connectivity index (χ3v) is 3.92. The summed E-state index contributed by atoms with van der Waals surface area (Å²) in [4.78, 5) is 30.2. The number of piperidine rings is 1. The Hall–Kier alpha value is -1.91. The lowest BCUT2D eigenvalue weighted by molar-refractivity contribution is -0.142. The van der Waals surface area contributed by atoms with E-state index in [1.165, 1.54) is 0 Å². The van der Waals surface area contributed by atoms with E-state index in [9.17, 15) is 9.59 Å². The second kappa shape index (κ2) is 7.76. The van der Waals surface area contributed by atoms with Crippen LogP contribution in [-0.4, -0.2) is 41.3 Å². The van der Waals surface area contributed by atoms with Gasteiger partial charge in [0.1, 0.15) is 6.04 Å². The molecule has 21 heavy (non-hydrogen) atoms. The number of hydrogen-bond acceptors (Lipinski definition) is 3. The highest BCUT2D eigenvalue weighted by molar-refractivity contribution is 5.87. The number of rotatable bonds is 5. The molecule has 0 saturated carbocycles. The topological polar surface area (TPSA) is 62.3 Å². The Morgan fingerprint density at radius 3 is 2.95 bits per heavy atom. The van der Waals surface area contributed by atoms with E-state index in [0.717, 1.165) is 37.8 Å². The summed E-state index contributed by atoms with van der Waals surface area (Å²) < 4.78 is 0. The maximum Gasteiger partial charge on any atom is 0.242 e. The minimum absolute atomic E-state index is 0.0484. The van der Waals surface area contributed by atoms with Gasteiger partial charge in [-0.1, -0.05) is 6.07 Å². The Bertz CT molecular complexity index is 476. The first-order valence-electron chi connectivity index (χ1n) is 7.63. The lowest BCUT2D eigenvalue weighted by atomic mass is 10.0. The van der Waals surface area contributed by atoms with Crippen LogP contribution in [-0.2, 0) is 16.0 Å². The summed E-state index contributed by atoms with van der Waals surface area (Å²) in [7, 11) is 1.63. The molecule has 2 rings (SSSR count). The van der Waals surface area contributed by atoms with Gasteiger partial charge in [-0.05, 0) is 44.2 Å². The third kappa shape index (κ3) is 4.28. The largest absolute Gasteiger partial charge is 0.357 e. The number of likely N-dealkylation sites (N-methyl/N-ethyl adjacent to an activating group) is 1. The van der Waals surface area contributed by atoms with Crippen LogP contribution < -0.4 is 5.32 Å². The molecule has 1 atom stereocenters. The molecule has 2 amide bonds. The predicted molar refractivity (Wildman–Crippen MR) is 80.6 cm³/mol. The quantitative estimate of drug-likeness (QED) is 0.894. The average molecular weight is 289 g/mol. The minimum atomic E-state index is -0.286. The first-order valence-corrected chi connectivity index (χ1v) is 7.63. The van der Waals surface area contributed by atoms with Gasteiger partial charge in [-0.3, -0.25) is 14.6 Å². The molecule has 114 valence electrons. The highest BCUT2D eigenvalue weighted by Crippen LogP contribution is 2.19. The zero-order valence-electron chi connectivity index (χ0n) is 12.5. The van der Waals surface area contributed by atoms with Crippen molar-refractivity contribution in [2.45, 2.75) is 44.6 Å². The van der Waals surface area contributed by atoms with Gasteiger partial charge >= 0.3 is 0 Å². The van der Waals surface area contributed by atoms with Crippen molar-refractivity contribution >= 4 is 11.8 Å². The number of pyridine rings is 1. The van der Waals surface area contributed by atoms with Gasteiger partial charge < -0.3 is 10.2 Å². The van der Waals surface area contributed by atoms with Crippen LogP contribution in [0.4, 0.5) is 0 Å². The van der Waals surface area contributed by atoms with Crippen LogP contribution in [0, 0.1) is 0 Å². The minimum Gasteiger partial charge on any atom is -0.357 e. The van der Waals surface area contributed by atoms with E-state index in [-0.39, 0.29) is 17.9 Å². The number of carbonyl (C=O) groups is 2. The lowest BCUT2D eigenvalue weighted by Crippen LogP contribution is -2.51. The Labute approximate surface area is 125 Å². The summed E-state index contributed by atoms with van der Waals surface area (Å²) in [6, 6.07) is 5.52. The Morgan fingerprint density at radius 2 is 2.24 bits per heavy atom. The van der Waals surface area contributed by atoms with E-state index in [2.05, 4.69) is 10.3 Å². The molecule has 0 aliphatic carbocycles. The van der Waals surface area contributed by atoms with Crippen LogP contribution in [0.2, 0.25) is 0 Å². The van der Waals surface area contributed by atoms with Crippen molar-refractivity contribution in [3.05, 3.63) is 30.1 Å². The number of nitrogens with zero attached hydrogens (tertiary/aromatic N) is 2. The van der Waals surface area contributed by atoms with Crippen molar-refractivity contribution in [2.75, 3.05) is 13.6 Å². The number of aryl methyl sites for hydroxylation is 1. The van der Waals surface area contributed by atoms with E-state index in [0.29, 0.717) is 13.0 Å². The van der Waals surface area contributed by atoms with Crippen LogP contribution in [0.5, 0.6) is 0 Å². The van der Waals surface area contributed by atoms with Crippen LogP contribution in [0.3, 0.4) is 0 Å². The van der Waals surface area contributed by atoms with Crippen LogP contribution in [0.15, 0.2) is 24.4 Å². The smallest absolute Gasteiger partial charge is 0.242 e. The fourth-order valence-electron chi connectivity index (χ4n) is 2.78. The van der Waals surface area contributed by atoms with Crippen molar-refractivity contribution in [1.29, 1.82) is 0 Å². The van der Waals surface area contributed by atoms with Gasteiger partial charge in [0.15, 0.2) is 0 Å². The van der Waals surface area contributed by atoms with Gasteiger partial charge in [-0.15, -0.1) is 0 Å². The van der Waals surface area contributed by atoms with E-state index in [1.807, 2.05) is 18.2 Å². The van der Waals surface area contributed by atoms with E-state index in [1.54, 1.807) is 18.1 Å². The Kier molecular flexibility index (Phi) is 5.72. The van der Waals surface area contributed by atoms with Gasteiger partial charge in [-0.25, -0.2) is 0 Å². The highest BCUT2D eigenvalue weighted by atomic mass is 16.2. The second-order valence-corrected chi connectivity index (χ2v) is 5.39. The zero-order valence-corrected chi connectivity index (χ0v) is 12.5. The highest BCUT2D eigenvalue weighted by Gasteiger charge is 2.30. The summed E-state index contributed by atoms with van der Waals surface area (Å²) in [5, 5.41) is 2.66. The monoisotopic (exact) mass is 289 g/mol. The normalized spacial score (nSPS) is 18.3. The number of likely N-dealkylation sites (tertiary alicyclic amines) is 1. The third-order valence-electron chi connectivity index (χ3n) is 3.92. The second-order valence-electron chi connectivity index (χ2n) is 5.39. The molecule has 0 radical (unpaired) electrons. The molecule has 1 saturated heterocycles. The SMILES string of the molecule is CNC(=O)C1CCCCN1C(=O)CCCc1ccccn1. The maximum atomic E-state index is 12.3. The first kappa shape index (κ1) is 15.5. The van der Waals surface area contributed by atoms with E-state index in [4.69, 9.17) is 0 Å². The molecule has 1 N–H and O–H groups in total. The molecule has 0 aromatic carbocycles. The summed E-state index contributed by atoms with van der Waals surface area (Å²) >= 11 is 0. The molecule has 1 aromatic rings. The predicted octanol–water partition coefficient (Wildman–Crippen LogP) is 1.53. The summed E-state index contributed by atoms with van der Waals surface area (Å²) in [6.45, 7) is 0.695. The standard InChI is InChI=1S/C16H23N3O2/c1-17-16(21)14-9-3-5-12-19(14)15(20)10-6-8-13-7-2-4-11-18-13/h2,4,7,11,14H,3,5-6,8-10,12H2,1H3,(H,17,21). The molecule has 0 spiro atoms. The van der Waals surface area contributed by atoms with Crippen molar-refractivity contribution in [1.82, 2.24) is 15.2 Å².